The number of rotatable bonds is 7. The lowest BCUT2D eigenvalue weighted by Gasteiger charge is -2.30. The van der Waals surface area contributed by atoms with E-state index in [0.29, 0.717) is 49.6 Å². The Morgan fingerprint density at radius 3 is 3.03 bits per heavy atom. The Hall–Kier alpha value is -1.84. The molecule has 3 aromatic rings. The number of nitrogens with two attached hydrogens (primary N) is 1. The van der Waals surface area contributed by atoms with Crippen LogP contribution in [0, 0.1) is 0 Å². The summed E-state index contributed by atoms with van der Waals surface area (Å²) in [6, 6.07) is 7.75. The van der Waals surface area contributed by atoms with Crippen LogP contribution in [-0.2, 0) is 24.9 Å². The van der Waals surface area contributed by atoms with Crippen molar-refractivity contribution in [3.05, 3.63) is 47.0 Å². The van der Waals surface area contributed by atoms with Crippen LogP contribution in [0.2, 0.25) is 0 Å². The van der Waals surface area contributed by atoms with E-state index >= 15 is 0 Å². The molecule has 0 aliphatic carbocycles. The van der Waals surface area contributed by atoms with Crippen molar-refractivity contribution in [1.82, 2.24) is 19.5 Å². The van der Waals surface area contributed by atoms with Gasteiger partial charge in [-0.3, -0.25) is 9.09 Å². The summed E-state index contributed by atoms with van der Waals surface area (Å²) in [5, 5.41) is 0. The molecule has 1 fully saturated rings. The molecule has 1 saturated heterocycles. The molecule has 2 aromatic heterocycles. The maximum atomic E-state index is 12.9. The van der Waals surface area contributed by atoms with Crippen molar-refractivity contribution in [2.45, 2.75) is 25.5 Å². The number of nitrogen functional groups attached to an aromatic ring is 1. The van der Waals surface area contributed by atoms with Crippen LogP contribution in [-0.4, -0.2) is 39.1 Å². The quantitative estimate of drug-likeness (QED) is 0.399. The van der Waals surface area contributed by atoms with Crippen molar-refractivity contribution in [3.8, 4) is 0 Å². The molecule has 0 saturated carbocycles. The minimum absolute atomic E-state index is 0.0756. The summed E-state index contributed by atoms with van der Waals surface area (Å²) in [7, 11) is -3.30. The zero-order valence-corrected chi connectivity index (χ0v) is 18.1. The molecule has 1 aliphatic rings. The molecule has 2 unspecified atom stereocenters. The van der Waals surface area contributed by atoms with Gasteiger partial charge in [0.15, 0.2) is 11.5 Å². The van der Waals surface area contributed by atoms with Gasteiger partial charge >= 0.3 is 7.60 Å². The molecule has 2 N–H and O–H groups in total. The number of halogens is 1. The van der Waals surface area contributed by atoms with Gasteiger partial charge in [0.2, 0.25) is 0 Å². The number of imidazole rings is 1. The maximum absolute atomic E-state index is 12.9. The molecule has 0 bridgehead atoms. The predicted octanol–water partition coefficient (Wildman–Crippen LogP) is 3.91. The van der Waals surface area contributed by atoms with E-state index in [0.717, 1.165) is 10.0 Å². The second-order valence-electron chi connectivity index (χ2n) is 6.61. The minimum Gasteiger partial charge on any atom is -0.382 e. The zero-order chi connectivity index (χ0) is 20.3. The van der Waals surface area contributed by atoms with E-state index in [4.69, 9.17) is 19.5 Å². The van der Waals surface area contributed by atoms with E-state index in [2.05, 4.69) is 30.9 Å². The average molecular weight is 482 g/mol. The Morgan fingerprint density at radius 1 is 1.31 bits per heavy atom. The van der Waals surface area contributed by atoms with Crippen molar-refractivity contribution in [2.75, 3.05) is 25.3 Å². The zero-order valence-electron chi connectivity index (χ0n) is 15.6. The highest BCUT2D eigenvalue weighted by molar-refractivity contribution is 9.10. The number of anilines is 1. The largest absolute Gasteiger partial charge is 0.382 e. The van der Waals surface area contributed by atoms with Crippen molar-refractivity contribution >= 4 is 40.5 Å². The number of hydrogen-bond donors (Lipinski definition) is 1. The van der Waals surface area contributed by atoms with Gasteiger partial charge in [-0.05, 0) is 18.1 Å². The van der Waals surface area contributed by atoms with Crippen LogP contribution in [0.1, 0.15) is 24.5 Å². The summed E-state index contributed by atoms with van der Waals surface area (Å²) in [5.41, 5.74) is 8.02. The molecule has 1 aliphatic heterocycles. The van der Waals surface area contributed by atoms with Gasteiger partial charge in [0.1, 0.15) is 18.2 Å². The van der Waals surface area contributed by atoms with Gasteiger partial charge in [-0.2, -0.15) is 0 Å². The van der Waals surface area contributed by atoms with Gasteiger partial charge in [-0.25, -0.2) is 15.0 Å². The molecule has 4 rings (SSSR count). The number of aryl methyl sites for hydroxylation is 1. The maximum Gasteiger partial charge on any atom is 0.356 e. The third kappa shape index (κ3) is 4.67. The second kappa shape index (κ2) is 8.89. The Labute approximate surface area is 176 Å². The number of hydrogen-bond acceptors (Lipinski definition) is 8. The molecule has 0 spiro atoms. The SMILES string of the molecule is Nc1ncnc2c1ncn2CCCOCP1(=O)OCCC(c2ccccc2Br)O1. The first kappa shape index (κ1) is 20.4. The molecule has 1 aromatic carbocycles. The first-order chi connectivity index (χ1) is 14.1. The van der Waals surface area contributed by atoms with Gasteiger partial charge in [-0.1, -0.05) is 34.1 Å². The lowest BCUT2D eigenvalue weighted by molar-refractivity contribution is 0.0564. The van der Waals surface area contributed by atoms with Crippen molar-refractivity contribution in [1.29, 1.82) is 0 Å². The van der Waals surface area contributed by atoms with Gasteiger partial charge in [0.05, 0.1) is 19.0 Å². The number of fused-ring (bicyclic) bond motifs is 1. The number of aromatic nitrogens is 4. The molecule has 0 radical (unpaired) electrons. The van der Waals surface area contributed by atoms with E-state index in [9.17, 15) is 4.57 Å². The fourth-order valence-corrected chi connectivity index (χ4v) is 5.25. The van der Waals surface area contributed by atoms with Crippen molar-refractivity contribution < 1.29 is 18.3 Å². The number of benzene rings is 1. The van der Waals surface area contributed by atoms with Gasteiger partial charge < -0.3 is 19.6 Å². The molecule has 9 nitrogen and oxygen atoms in total. The van der Waals surface area contributed by atoms with E-state index in [-0.39, 0.29) is 12.5 Å². The Balaban J connectivity index is 1.28. The van der Waals surface area contributed by atoms with Crippen LogP contribution in [0.5, 0.6) is 0 Å². The summed E-state index contributed by atoms with van der Waals surface area (Å²) in [6.45, 7) is 1.41. The summed E-state index contributed by atoms with van der Waals surface area (Å²) in [5.74, 6) is 0.356. The van der Waals surface area contributed by atoms with Crippen LogP contribution in [0.25, 0.3) is 11.2 Å². The first-order valence-corrected chi connectivity index (χ1v) is 11.7. The fraction of sp³-hybridized carbons (Fsp3) is 0.389. The van der Waals surface area contributed by atoms with Crippen LogP contribution in [0.3, 0.4) is 0 Å². The molecule has 154 valence electrons. The second-order valence-corrected chi connectivity index (χ2v) is 9.41. The summed E-state index contributed by atoms with van der Waals surface area (Å²) >= 11 is 3.52. The Morgan fingerprint density at radius 2 is 2.17 bits per heavy atom. The third-order valence-electron chi connectivity index (χ3n) is 4.57. The van der Waals surface area contributed by atoms with Gasteiger partial charge in [0, 0.05) is 24.0 Å². The van der Waals surface area contributed by atoms with Crippen molar-refractivity contribution in [2.24, 2.45) is 0 Å². The molecule has 3 heterocycles. The molecule has 0 amide bonds. The van der Waals surface area contributed by atoms with Gasteiger partial charge in [-0.15, -0.1) is 0 Å². The monoisotopic (exact) mass is 481 g/mol. The highest BCUT2D eigenvalue weighted by atomic mass is 79.9. The topological polar surface area (TPSA) is 114 Å². The molecular formula is C18H21BrN5O4P. The summed E-state index contributed by atoms with van der Waals surface area (Å²) < 4.78 is 32.5. The number of nitrogens with zero attached hydrogens (tertiary/aromatic N) is 4. The highest BCUT2D eigenvalue weighted by Gasteiger charge is 2.35. The lowest BCUT2D eigenvalue weighted by atomic mass is 10.1. The number of ether oxygens (including phenoxy) is 1. The lowest BCUT2D eigenvalue weighted by Crippen LogP contribution is -2.17. The van der Waals surface area contributed by atoms with E-state index in [1.165, 1.54) is 6.33 Å². The average Bonchev–Trinajstić information content (AvgIpc) is 3.12. The van der Waals surface area contributed by atoms with Crippen LogP contribution >= 0.6 is 23.5 Å². The van der Waals surface area contributed by atoms with Crippen molar-refractivity contribution in [3.63, 3.8) is 0 Å². The highest BCUT2D eigenvalue weighted by Crippen LogP contribution is 2.56. The Bertz CT molecular complexity index is 1050. The third-order valence-corrected chi connectivity index (χ3v) is 6.95. The fourth-order valence-electron chi connectivity index (χ4n) is 3.17. The predicted molar refractivity (Wildman–Crippen MR) is 111 cm³/mol. The van der Waals surface area contributed by atoms with E-state index < -0.39 is 7.60 Å². The molecule has 11 heteroatoms. The molecular weight excluding hydrogens is 461 g/mol. The van der Waals surface area contributed by atoms with Crippen LogP contribution in [0.4, 0.5) is 5.82 Å². The molecule has 29 heavy (non-hydrogen) atoms. The van der Waals surface area contributed by atoms with E-state index in [1.807, 2.05) is 28.8 Å². The van der Waals surface area contributed by atoms with Crippen LogP contribution in [0.15, 0.2) is 41.4 Å². The standard InChI is InChI=1S/C18H21BrN5O4P/c19-14-5-2-1-4-13(14)15-6-9-27-29(25,28-15)12-26-8-3-7-24-11-23-16-17(20)21-10-22-18(16)24/h1-2,4-5,10-11,15H,3,6-9,12H2,(H2,20,21,22). The van der Waals surface area contributed by atoms with Gasteiger partial charge in [0.25, 0.3) is 0 Å². The first-order valence-electron chi connectivity index (χ1n) is 9.21. The Kier molecular flexibility index (Phi) is 6.26. The summed E-state index contributed by atoms with van der Waals surface area (Å²) in [6.07, 6.45) is 4.06. The minimum atomic E-state index is -3.30. The van der Waals surface area contributed by atoms with Crippen LogP contribution < -0.4 is 5.73 Å². The smallest absolute Gasteiger partial charge is 0.356 e. The normalized spacial score (nSPS) is 22.2. The summed E-state index contributed by atoms with van der Waals surface area (Å²) in [4.78, 5) is 12.4. The molecule has 2 atom stereocenters. The van der Waals surface area contributed by atoms with E-state index in [1.54, 1.807) is 6.33 Å².